The topological polar surface area (TPSA) is 43.1 Å². The van der Waals surface area contributed by atoms with Gasteiger partial charge >= 0.3 is 0 Å². The van der Waals surface area contributed by atoms with Crippen molar-refractivity contribution in [1.29, 1.82) is 0 Å². The SMILES string of the molecule is Cc1c(Cl)nn2c(-c3ccc(F)cc3Cl)nnc2c1C. The number of nitrogens with zero attached hydrogens (tertiary/aromatic N) is 4. The van der Waals surface area contributed by atoms with Gasteiger partial charge in [0.25, 0.3) is 0 Å². The minimum absolute atomic E-state index is 0.246. The van der Waals surface area contributed by atoms with Crippen molar-refractivity contribution in [2.24, 2.45) is 0 Å². The number of halogens is 3. The van der Waals surface area contributed by atoms with Crippen LogP contribution < -0.4 is 0 Å². The highest BCUT2D eigenvalue weighted by molar-refractivity contribution is 6.33. The van der Waals surface area contributed by atoms with Crippen LogP contribution in [0.15, 0.2) is 18.2 Å². The highest BCUT2D eigenvalue weighted by Crippen LogP contribution is 2.29. The van der Waals surface area contributed by atoms with Gasteiger partial charge in [0, 0.05) is 11.1 Å². The first-order valence-corrected chi connectivity index (χ1v) is 6.58. The van der Waals surface area contributed by atoms with Crippen molar-refractivity contribution < 1.29 is 4.39 Å². The Morgan fingerprint density at radius 3 is 2.55 bits per heavy atom. The first kappa shape index (κ1) is 13.3. The van der Waals surface area contributed by atoms with E-state index in [-0.39, 0.29) is 5.02 Å². The van der Waals surface area contributed by atoms with Crippen LogP contribution in [0, 0.1) is 19.7 Å². The zero-order valence-electron chi connectivity index (χ0n) is 10.7. The van der Waals surface area contributed by atoms with Crippen LogP contribution in [0.4, 0.5) is 4.39 Å². The second-order valence-corrected chi connectivity index (χ2v) is 5.19. The van der Waals surface area contributed by atoms with E-state index in [1.165, 1.54) is 16.6 Å². The van der Waals surface area contributed by atoms with Crippen molar-refractivity contribution in [1.82, 2.24) is 19.8 Å². The van der Waals surface area contributed by atoms with Crippen LogP contribution in [0.25, 0.3) is 17.0 Å². The number of benzene rings is 1. The zero-order chi connectivity index (χ0) is 14.4. The lowest BCUT2D eigenvalue weighted by molar-refractivity contribution is 0.628. The van der Waals surface area contributed by atoms with Crippen LogP contribution in [0.3, 0.4) is 0 Å². The summed E-state index contributed by atoms with van der Waals surface area (Å²) in [6.07, 6.45) is 0. The van der Waals surface area contributed by atoms with Gasteiger partial charge in [0.05, 0.1) is 5.02 Å². The van der Waals surface area contributed by atoms with Crippen molar-refractivity contribution in [2.75, 3.05) is 0 Å². The van der Waals surface area contributed by atoms with E-state index in [2.05, 4.69) is 15.3 Å². The predicted octanol–water partition coefficient (Wildman–Crippen LogP) is 3.85. The van der Waals surface area contributed by atoms with E-state index >= 15 is 0 Å². The van der Waals surface area contributed by atoms with Gasteiger partial charge in [-0.3, -0.25) is 0 Å². The molecular formula is C13H9Cl2FN4. The molecule has 0 radical (unpaired) electrons. The zero-order valence-corrected chi connectivity index (χ0v) is 12.2. The van der Waals surface area contributed by atoms with E-state index in [1.807, 2.05) is 13.8 Å². The lowest BCUT2D eigenvalue weighted by Crippen LogP contribution is -2.00. The molecule has 7 heteroatoms. The van der Waals surface area contributed by atoms with Crippen LogP contribution in [0.2, 0.25) is 10.2 Å². The quantitative estimate of drug-likeness (QED) is 0.685. The number of aromatic nitrogens is 4. The van der Waals surface area contributed by atoms with Gasteiger partial charge in [-0.05, 0) is 37.6 Å². The smallest absolute Gasteiger partial charge is 0.186 e. The molecule has 0 aliphatic rings. The van der Waals surface area contributed by atoms with Crippen LogP contribution in [-0.4, -0.2) is 19.8 Å². The van der Waals surface area contributed by atoms with Gasteiger partial charge < -0.3 is 0 Å². The summed E-state index contributed by atoms with van der Waals surface area (Å²) in [7, 11) is 0. The Kier molecular flexibility index (Phi) is 3.11. The fourth-order valence-electron chi connectivity index (χ4n) is 1.93. The van der Waals surface area contributed by atoms with Gasteiger partial charge in [0.15, 0.2) is 16.6 Å². The molecule has 0 saturated heterocycles. The van der Waals surface area contributed by atoms with Crippen LogP contribution in [-0.2, 0) is 0 Å². The van der Waals surface area contributed by atoms with E-state index in [1.54, 1.807) is 6.07 Å². The first-order valence-electron chi connectivity index (χ1n) is 5.82. The molecular weight excluding hydrogens is 302 g/mol. The average molecular weight is 311 g/mol. The second kappa shape index (κ2) is 4.68. The molecule has 102 valence electrons. The molecule has 0 unspecified atom stereocenters. The molecule has 0 atom stereocenters. The summed E-state index contributed by atoms with van der Waals surface area (Å²) in [5.41, 5.74) is 2.89. The number of rotatable bonds is 1. The second-order valence-electron chi connectivity index (χ2n) is 4.42. The summed E-state index contributed by atoms with van der Waals surface area (Å²) in [4.78, 5) is 0. The Balaban J connectivity index is 2.33. The fraction of sp³-hybridized carbons (Fsp3) is 0.154. The van der Waals surface area contributed by atoms with Gasteiger partial charge in [-0.25, -0.2) is 4.39 Å². The number of aryl methyl sites for hydroxylation is 1. The summed E-state index contributed by atoms with van der Waals surface area (Å²) in [5, 5.41) is 13.0. The van der Waals surface area contributed by atoms with Gasteiger partial charge in [0.2, 0.25) is 0 Å². The predicted molar refractivity (Wildman–Crippen MR) is 75.7 cm³/mol. The van der Waals surface area contributed by atoms with Crippen molar-refractivity contribution in [3.63, 3.8) is 0 Å². The molecule has 3 aromatic rings. The summed E-state index contributed by atoms with van der Waals surface area (Å²) in [5.74, 6) is 0.0144. The normalized spacial score (nSPS) is 11.2. The molecule has 0 fully saturated rings. The largest absolute Gasteiger partial charge is 0.207 e. The van der Waals surface area contributed by atoms with Gasteiger partial charge in [-0.2, -0.15) is 9.61 Å². The molecule has 4 nitrogen and oxygen atoms in total. The molecule has 2 heterocycles. The molecule has 0 aliphatic carbocycles. The molecule has 0 aliphatic heterocycles. The summed E-state index contributed by atoms with van der Waals surface area (Å²) < 4.78 is 14.6. The van der Waals surface area contributed by atoms with E-state index in [0.717, 1.165) is 11.1 Å². The van der Waals surface area contributed by atoms with Crippen LogP contribution >= 0.6 is 23.2 Å². The molecule has 20 heavy (non-hydrogen) atoms. The monoisotopic (exact) mass is 310 g/mol. The Morgan fingerprint density at radius 1 is 1.10 bits per heavy atom. The molecule has 0 amide bonds. The summed E-state index contributed by atoms with van der Waals surface area (Å²) in [6, 6.07) is 4.07. The molecule has 0 N–H and O–H groups in total. The Hall–Kier alpha value is -1.72. The van der Waals surface area contributed by atoms with E-state index in [9.17, 15) is 4.39 Å². The van der Waals surface area contributed by atoms with Crippen molar-refractivity contribution in [2.45, 2.75) is 13.8 Å². The van der Waals surface area contributed by atoms with E-state index < -0.39 is 5.82 Å². The van der Waals surface area contributed by atoms with Gasteiger partial charge in [-0.15, -0.1) is 10.2 Å². The average Bonchev–Trinajstić information content (AvgIpc) is 2.80. The summed E-state index contributed by atoms with van der Waals surface area (Å²) in [6.45, 7) is 3.76. The Bertz CT molecular complexity index is 829. The maximum atomic E-state index is 13.1. The maximum Gasteiger partial charge on any atom is 0.186 e. The number of fused-ring (bicyclic) bond motifs is 1. The standard InChI is InChI=1S/C13H9Cl2FN4/c1-6-7(2)12-17-18-13(20(12)19-11(6)15)9-4-3-8(16)5-10(9)14/h3-5H,1-2H3. The van der Waals surface area contributed by atoms with E-state index in [4.69, 9.17) is 23.2 Å². The first-order chi connectivity index (χ1) is 9.49. The van der Waals surface area contributed by atoms with Crippen molar-refractivity contribution in [3.05, 3.63) is 45.3 Å². The number of hydrogen-bond donors (Lipinski definition) is 0. The molecule has 3 rings (SSSR count). The van der Waals surface area contributed by atoms with Crippen molar-refractivity contribution >= 4 is 28.8 Å². The maximum absolute atomic E-state index is 13.1. The lowest BCUT2D eigenvalue weighted by atomic mass is 10.2. The molecule has 0 spiro atoms. The molecule has 0 saturated carbocycles. The lowest BCUT2D eigenvalue weighted by Gasteiger charge is -2.06. The number of hydrogen-bond acceptors (Lipinski definition) is 3. The van der Waals surface area contributed by atoms with Crippen LogP contribution in [0.5, 0.6) is 0 Å². The summed E-state index contributed by atoms with van der Waals surface area (Å²) >= 11 is 12.1. The highest BCUT2D eigenvalue weighted by atomic mass is 35.5. The molecule has 0 bridgehead atoms. The third-order valence-electron chi connectivity index (χ3n) is 3.21. The van der Waals surface area contributed by atoms with Crippen LogP contribution in [0.1, 0.15) is 11.1 Å². The fourth-order valence-corrected chi connectivity index (χ4v) is 2.40. The van der Waals surface area contributed by atoms with Gasteiger partial charge in [-0.1, -0.05) is 23.2 Å². The Labute approximate surface area is 124 Å². The van der Waals surface area contributed by atoms with Gasteiger partial charge in [0.1, 0.15) is 5.82 Å². The Morgan fingerprint density at radius 2 is 1.85 bits per heavy atom. The third-order valence-corrected chi connectivity index (χ3v) is 3.88. The minimum atomic E-state index is -0.411. The third kappa shape index (κ3) is 1.94. The van der Waals surface area contributed by atoms with Crippen molar-refractivity contribution in [3.8, 4) is 11.4 Å². The molecule has 2 aromatic heterocycles. The van der Waals surface area contributed by atoms with E-state index in [0.29, 0.717) is 22.2 Å². The minimum Gasteiger partial charge on any atom is -0.207 e. The highest BCUT2D eigenvalue weighted by Gasteiger charge is 2.17. The molecule has 1 aromatic carbocycles.